The largest absolute Gasteiger partial charge is 0.469 e. The van der Waals surface area contributed by atoms with Gasteiger partial charge in [0.15, 0.2) is 0 Å². The summed E-state index contributed by atoms with van der Waals surface area (Å²) in [5, 5.41) is 11.7. The molecule has 0 bridgehead atoms. The highest BCUT2D eigenvalue weighted by Crippen LogP contribution is 2.35. The first-order valence-corrected chi connectivity index (χ1v) is 15.7. The molecule has 7 nitrogen and oxygen atoms in total. The summed E-state index contributed by atoms with van der Waals surface area (Å²) >= 11 is 0. The Morgan fingerprint density at radius 1 is 0.974 bits per heavy atom. The molecule has 0 saturated heterocycles. The molecule has 8 heteroatoms. The Bertz CT molecular complexity index is 884. The van der Waals surface area contributed by atoms with Gasteiger partial charge in [-0.25, -0.2) is 4.57 Å². The lowest BCUT2D eigenvalue weighted by atomic mass is 10.0. The average Bonchev–Trinajstić information content (AvgIpc) is 2.88. The minimum absolute atomic E-state index is 0.0166. The Balaban J connectivity index is 2.32. The van der Waals surface area contributed by atoms with Crippen LogP contribution in [0.1, 0.15) is 108 Å². The predicted molar refractivity (Wildman–Crippen MR) is 153 cm³/mol. The van der Waals surface area contributed by atoms with Gasteiger partial charge in [-0.2, -0.15) is 0 Å². The highest BCUT2D eigenvalue weighted by Gasteiger charge is 2.20. The zero-order valence-corrected chi connectivity index (χ0v) is 24.0. The van der Waals surface area contributed by atoms with Crippen molar-refractivity contribution in [1.82, 2.24) is 5.32 Å². The van der Waals surface area contributed by atoms with E-state index in [0.717, 1.165) is 43.2 Å². The summed E-state index contributed by atoms with van der Waals surface area (Å²) in [5.41, 5.74) is 1.70. The fraction of sp³-hybridized carbons (Fsp3) is 0.633. The Labute approximate surface area is 229 Å². The van der Waals surface area contributed by atoms with Crippen molar-refractivity contribution in [3.63, 3.8) is 0 Å². The third kappa shape index (κ3) is 20.1. The smallest absolute Gasteiger partial charge is 0.395 e. The van der Waals surface area contributed by atoms with Crippen molar-refractivity contribution in [1.29, 1.82) is 0 Å². The second-order valence-corrected chi connectivity index (χ2v) is 10.9. The van der Waals surface area contributed by atoms with Crippen molar-refractivity contribution >= 4 is 13.7 Å². The predicted octanol–water partition coefficient (Wildman–Crippen LogP) is 6.20. The topological polar surface area (TPSA) is 116 Å². The van der Waals surface area contributed by atoms with Crippen LogP contribution in [0.4, 0.5) is 0 Å². The van der Waals surface area contributed by atoms with Crippen LogP contribution in [0.5, 0.6) is 0 Å². The molecule has 0 radical (unpaired) electrons. The maximum Gasteiger partial charge on any atom is 0.469 e. The van der Waals surface area contributed by atoms with E-state index >= 15 is 0 Å². The summed E-state index contributed by atoms with van der Waals surface area (Å²) in [6.45, 7) is 1.98. The molecule has 0 aliphatic carbocycles. The first-order chi connectivity index (χ1) is 18.3. The van der Waals surface area contributed by atoms with Gasteiger partial charge >= 0.3 is 7.82 Å². The zero-order chi connectivity index (χ0) is 27.9. The van der Waals surface area contributed by atoms with Gasteiger partial charge in [0.2, 0.25) is 5.91 Å². The molecule has 1 amide bonds. The molecular weight excluding hydrogens is 501 g/mol. The monoisotopic (exact) mass is 549 g/mol. The van der Waals surface area contributed by atoms with E-state index in [2.05, 4.69) is 40.8 Å². The number of phosphoric acid groups is 1. The van der Waals surface area contributed by atoms with Gasteiger partial charge in [0.1, 0.15) is 0 Å². The molecule has 1 aromatic carbocycles. The number of benzene rings is 1. The van der Waals surface area contributed by atoms with Gasteiger partial charge in [0.25, 0.3) is 0 Å². The molecule has 0 heterocycles. The van der Waals surface area contributed by atoms with Crippen LogP contribution in [0.3, 0.4) is 0 Å². The van der Waals surface area contributed by atoms with Gasteiger partial charge in [0.05, 0.1) is 19.3 Å². The van der Waals surface area contributed by atoms with Gasteiger partial charge in [-0.1, -0.05) is 88.0 Å². The summed E-state index contributed by atoms with van der Waals surface area (Å²) in [7, 11) is -4.64. The van der Waals surface area contributed by atoms with E-state index in [4.69, 9.17) is 14.9 Å². The number of carbonyl (C=O) groups is 1. The minimum Gasteiger partial charge on any atom is -0.395 e. The molecule has 1 rings (SSSR count). The average molecular weight is 550 g/mol. The van der Waals surface area contributed by atoms with E-state index in [1.54, 1.807) is 0 Å². The molecular formula is C30H48NO6P. The van der Waals surface area contributed by atoms with Crippen LogP contribution in [-0.4, -0.2) is 40.1 Å². The summed E-state index contributed by atoms with van der Waals surface area (Å²) in [6.07, 6.45) is 19.9. The van der Waals surface area contributed by atoms with Crippen molar-refractivity contribution in [3.05, 3.63) is 47.5 Å². The van der Waals surface area contributed by atoms with Gasteiger partial charge in [-0.05, 0) is 56.2 Å². The second-order valence-electron chi connectivity index (χ2n) is 9.71. The molecule has 0 aromatic heterocycles. The maximum atomic E-state index is 12.5. The van der Waals surface area contributed by atoms with Crippen LogP contribution in [0, 0.1) is 11.8 Å². The normalized spacial score (nSPS) is 12.3. The molecule has 0 spiro atoms. The van der Waals surface area contributed by atoms with Gasteiger partial charge in [-0.15, -0.1) is 0 Å². The SMILES string of the molecule is CCCCCCCC/C=C\CCCCCCC(=O)N[C@H](COP(=O)(O)O)Cc1ccc(C#CCCO)cc1. The Morgan fingerprint density at radius 3 is 2.18 bits per heavy atom. The number of phosphoric ester groups is 1. The first-order valence-electron chi connectivity index (χ1n) is 14.2. The number of rotatable bonds is 21. The Morgan fingerprint density at radius 2 is 1.58 bits per heavy atom. The number of nitrogens with one attached hydrogen (secondary N) is 1. The van der Waals surface area contributed by atoms with E-state index in [0.29, 0.717) is 19.3 Å². The Kier molecular flexibility index (Phi) is 19.7. The third-order valence-corrected chi connectivity index (χ3v) is 6.62. The minimum atomic E-state index is -4.64. The summed E-state index contributed by atoms with van der Waals surface area (Å²) < 4.78 is 15.9. The molecule has 0 fully saturated rings. The van der Waals surface area contributed by atoms with Crippen molar-refractivity contribution in [3.8, 4) is 11.8 Å². The van der Waals surface area contributed by atoms with E-state index in [1.807, 2.05) is 24.3 Å². The maximum absolute atomic E-state index is 12.5. The number of aliphatic hydroxyl groups is 1. The number of hydrogen-bond donors (Lipinski definition) is 4. The molecule has 1 atom stereocenters. The molecule has 4 N–H and O–H groups in total. The number of amides is 1. The van der Waals surface area contributed by atoms with Crippen LogP contribution in [0.15, 0.2) is 36.4 Å². The molecule has 214 valence electrons. The van der Waals surface area contributed by atoms with Crippen LogP contribution >= 0.6 is 7.82 Å². The van der Waals surface area contributed by atoms with Gasteiger partial charge in [0, 0.05) is 18.4 Å². The van der Waals surface area contributed by atoms with Crippen molar-refractivity contribution in [2.45, 2.75) is 109 Å². The van der Waals surface area contributed by atoms with Crippen molar-refractivity contribution in [2.75, 3.05) is 13.2 Å². The van der Waals surface area contributed by atoms with E-state index in [9.17, 15) is 9.36 Å². The first kappa shape index (κ1) is 34.1. The van der Waals surface area contributed by atoms with Crippen LogP contribution < -0.4 is 5.32 Å². The molecule has 0 unspecified atom stereocenters. The molecule has 0 aliphatic heterocycles. The van der Waals surface area contributed by atoms with E-state index in [1.165, 1.54) is 44.9 Å². The van der Waals surface area contributed by atoms with Crippen molar-refractivity contribution in [2.24, 2.45) is 0 Å². The number of hydrogen-bond acceptors (Lipinski definition) is 4. The van der Waals surface area contributed by atoms with Crippen LogP contribution in [-0.2, 0) is 20.3 Å². The molecule has 38 heavy (non-hydrogen) atoms. The van der Waals surface area contributed by atoms with Crippen molar-refractivity contribution < 1.29 is 28.8 Å². The molecule has 1 aromatic rings. The fourth-order valence-corrected chi connectivity index (χ4v) is 4.42. The highest BCUT2D eigenvalue weighted by atomic mass is 31.2. The Hall–Kier alpha value is -1.94. The summed E-state index contributed by atoms with van der Waals surface area (Å²) in [5.74, 6) is 5.67. The zero-order valence-electron chi connectivity index (χ0n) is 23.1. The number of allylic oxidation sites excluding steroid dienone is 2. The molecule has 0 aliphatic rings. The lowest BCUT2D eigenvalue weighted by Gasteiger charge is -2.19. The fourth-order valence-electron chi connectivity index (χ4n) is 4.05. The lowest BCUT2D eigenvalue weighted by Crippen LogP contribution is -2.39. The lowest BCUT2D eigenvalue weighted by molar-refractivity contribution is -0.122. The van der Waals surface area contributed by atoms with Gasteiger partial charge in [-0.3, -0.25) is 9.32 Å². The van der Waals surface area contributed by atoms with E-state index < -0.39 is 13.9 Å². The standard InChI is InChI=1S/C30H48NO6P/c1-2-3-4-5-6-7-8-9-10-11-12-13-14-15-19-30(33)31-29(26-37-38(34,35)36)25-28-22-20-27(21-23-28)18-16-17-24-32/h9-10,20-23,29,32H,2-8,11-15,17,19,24-26H2,1H3,(H,31,33)(H2,34,35,36)/b10-9-/t29-/m0/s1. The van der Waals surface area contributed by atoms with Crippen LogP contribution in [0.25, 0.3) is 0 Å². The third-order valence-electron chi connectivity index (χ3n) is 6.13. The summed E-state index contributed by atoms with van der Waals surface area (Å²) in [4.78, 5) is 30.7. The summed E-state index contributed by atoms with van der Waals surface area (Å²) in [6, 6.07) is 6.85. The number of carbonyl (C=O) groups excluding carboxylic acids is 1. The second kappa shape index (κ2) is 21.9. The van der Waals surface area contributed by atoms with Gasteiger partial charge < -0.3 is 20.2 Å². The van der Waals surface area contributed by atoms with E-state index in [-0.39, 0.29) is 19.1 Å². The highest BCUT2D eigenvalue weighted by molar-refractivity contribution is 7.46. The van der Waals surface area contributed by atoms with Crippen LogP contribution in [0.2, 0.25) is 0 Å². The molecule has 0 saturated carbocycles. The number of unbranched alkanes of at least 4 members (excludes halogenated alkanes) is 10. The quantitative estimate of drug-likeness (QED) is 0.0628. The number of aliphatic hydroxyl groups excluding tert-OH is 1.